The maximum absolute atomic E-state index is 11.0. The van der Waals surface area contributed by atoms with Gasteiger partial charge in [-0.1, -0.05) is 18.2 Å². The first-order chi connectivity index (χ1) is 7.66. The van der Waals surface area contributed by atoms with Gasteiger partial charge in [-0.3, -0.25) is 9.59 Å². The van der Waals surface area contributed by atoms with Crippen LogP contribution >= 0.6 is 0 Å². The summed E-state index contributed by atoms with van der Waals surface area (Å²) in [7, 11) is 1.57. The molecule has 0 aliphatic carbocycles. The third-order valence-corrected chi connectivity index (χ3v) is 1.51. The van der Waals surface area contributed by atoms with Gasteiger partial charge in [0.2, 0.25) is 0 Å². The van der Waals surface area contributed by atoms with Crippen LogP contribution in [0.5, 0.6) is 0 Å². The van der Waals surface area contributed by atoms with Crippen molar-refractivity contribution in [2.45, 2.75) is 12.8 Å². The smallest absolute Gasteiger partial charge is 0.309 e. The van der Waals surface area contributed by atoms with Crippen LogP contribution in [0.2, 0.25) is 0 Å². The van der Waals surface area contributed by atoms with Gasteiger partial charge in [0.05, 0.1) is 19.4 Å². The average Bonchev–Trinajstić information content (AvgIpc) is 2.24. The minimum absolute atomic E-state index is 0.0823. The summed E-state index contributed by atoms with van der Waals surface area (Å²) in [5.41, 5.74) is 0. The molecule has 5 heteroatoms. The van der Waals surface area contributed by atoms with Crippen molar-refractivity contribution in [1.82, 2.24) is 0 Å². The molecule has 0 fully saturated rings. The number of methoxy groups -OCH3 is 1. The van der Waals surface area contributed by atoms with E-state index in [0.717, 1.165) is 0 Å². The topological polar surface area (TPSA) is 72.8 Å². The monoisotopic (exact) mass is 228 g/mol. The Hall–Kier alpha value is -1.62. The van der Waals surface area contributed by atoms with Crippen LogP contribution in [-0.2, 0) is 19.1 Å². The van der Waals surface area contributed by atoms with Gasteiger partial charge in [0, 0.05) is 7.11 Å². The van der Waals surface area contributed by atoms with Gasteiger partial charge in [-0.25, -0.2) is 0 Å². The predicted octanol–water partition coefficient (Wildman–Crippen LogP) is 1.15. The number of carboxylic acids is 1. The first-order valence-electron chi connectivity index (χ1n) is 4.83. The summed E-state index contributed by atoms with van der Waals surface area (Å²) in [6.45, 7) is 0.686. The molecule has 0 atom stereocenters. The second kappa shape index (κ2) is 9.92. The van der Waals surface area contributed by atoms with E-state index in [4.69, 9.17) is 14.6 Å². The highest BCUT2D eigenvalue weighted by Crippen LogP contribution is 1.91. The van der Waals surface area contributed by atoms with Crippen LogP contribution in [0.15, 0.2) is 24.3 Å². The number of ether oxygens (including phenoxy) is 2. The summed E-state index contributed by atoms with van der Waals surface area (Å²) in [6.07, 6.45) is 6.34. The molecule has 0 bridgehead atoms. The van der Waals surface area contributed by atoms with Crippen molar-refractivity contribution in [1.29, 1.82) is 0 Å². The molecule has 0 saturated carbocycles. The number of carbonyl (C=O) groups excluding carboxylic acids is 1. The highest BCUT2D eigenvalue weighted by molar-refractivity contribution is 5.72. The van der Waals surface area contributed by atoms with Crippen LogP contribution in [0.1, 0.15) is 12.8 Å². The minimum Gasteiger partial charge on any atom is -0.481 e. The molecule has 0 aliphatic heterocycles. The molecule has 0 heterocycles. The Bertz CT molecular complexity index is 268. The van der Waals surface area contributed by atoms with Gasteiger partial charge in [-0.15, -0.1) is 0 Å². The number of aliphatic carboxylic acids is 1. The van der Waals surface area contributed by atoms with Crippen molar-refractivity contribution in [3.05, 3.63) is 24.3 Å². The lowest BCUT2D eigenvalue weighted by Gasteiger charge is -1.97. The molecule has 0 rings (SSSR count). The number of esters is 1. The Labute approximate surface area is 94.4 Å². The van der Waals surface area contributed by atoms with Crippen LogP contribution in [-0.4, -0.2) is 37.4 Å². The molecule has 0 radical (unpaired) electrons. The van der Waals surface area contributed by atoms with Crippen molar-refractivity contribution in [3.8, 4) is 0 Å². The van der Waals surface area contributed by atoms with E-state index in [-0.39, 0.29) is 25.4 Å². The molecular formula is C11H16O5. The minimum atomic E-state index is -0.924. The van der Waals surface area contributed by atoms with Gasteiger partial charge in [0.15, 0.2) is 0 Å². The molecule has 0 aromatic carbocycles. The molecule has 16 heavy (non-hydrogen) atoms. The Kier molecular flexibility index (Phi) is 8.91. The number of rotatable bonds is 8. The van der Waals surface area contributed by atoms with Crippen molar-refractivity contribution in [3.63, 3.8) is 0 Å². The van der Waals surface area contributed by atoms with Gasteiger partial charge in [0.1, 0.15) is 6.61 Å². The molecule has 5 nitrogen and oxygen atoms in total. The summed E-state index contributed by atoms with van der Waals surface area (Å²) in [4.78, 5) is 21.2. The summed E-state index contributed by atoms with van der Waals surface area (Å²) in [5.74, 6) is -1.31. The van der Waals surface area contributed by atoms with Crippen LogP contribution < -0.4 is 0 Å². The van der Waals surface area contributed by atoms with E-state index in [0.29, 0.717) is 6.61 Å². The molecule has 90 valence electrons. The lowest BCUT2D eigenvalue weighted by molar-refractivity contribution is -0.141. The Balaban J connectivity index is 3.51. The Morgan fingerprint density at radius 1 is 1.06 bits per heavy atom. The maximum atomic E-state index is 11.0. The average molecular weight is 228 g/mol. The zero-order chi connectivity index (χ0) is 12.2. The lowest BCUT2D eigenvalue weighted by atomic mass is 10.3. The fourth-order valence-electron chi connectivity index (χ4n) is 0.796. The van der Waals surface area contributed by atoms with E-state index in [1.165, 1.54) is 12.2 Å². The van der Waals surface area contributed by atoms with Crippen LogP contribution in [0.4, 0.5) is 0 Å². The largest absolute Gasteiger partial charge is 0.481 e. The summed E-state index contributed by atoms with van der Waals surface area (Å²) < 4.78 is 9.57. The van der Waals surface area contributed by atoms with Gasteiger partial charge >= 0.3 is 11.9 Å². The van der Waals surface area contributed by atoms with Gasteiger partial charge in [0.25, 0.3) is 0 Å². The van der Waals surface area contributed by atoms with E-state index in [2.05, 4.69) is 0 Å². The molecule has 0 aromatic heterocycles. The van der Waals surface area contributed by atoms with Crippen molar-refractivity contribution >= 4 is 11.9 Å². The van der Waals surface area contributed by atoms with Gasteiger partial charge in [-0.05, 0) is 6.08 Å². The second-order valence-corrected chi connectivity index (χ2v) is 2.88. The number of carboxylic acid groups (broad SMARTS) is 1. The molecule has 0 amide bonds. The quantitative estimate of drug-likeness (QED) is 0.498. The number of hydrogen-bond acceptors (Lipinski definition) is 4. The first kappa shape index (κ1) is 14.4. The first-order valence-corrected chi connectivity index (χ1v) is 4.83. The van der Waals surface area contributed by atoms with Crippen LogP contribution in [0.25, 0.3) is 0 Å². The van der Waals surface area contributed by atoms with Crippen molar-refractivity contribution in [2.75, 3.05) is 20.3 Å². The van der Waals surface area contributed by atoms with E-state index < -0.39 is 5.97 Å². The molecular weight excluding hydrogens is 212 g/mol. The third kappa shape index (κ3) is 10.5. The van der Waals surface area contributed by atoms with E-state index in [1.807, 2.05) is 0 Å². The molecule has 0 spiro atoms. The SMILES string of the molecule is COC/C=C\COC(=O)C/C=C/CC(=O)O. The van der Waals surface area contributed by atoms with Crippen molar-refractivity contribution in [2.24, 2.45) is 0 Å². The van der Waals surface area contributed by atoms with E-state index >= 15 is 0 Å². The van der Waals surface area contributed by atoms with Gasteiger partial charge < -0.3 is 14.6 Å². The predicted molar refractivity (Wildman–Crippen MR) is 58.0 cm³/mol. The van der Waals surface area contributed by atoms with Crippen molar-refractivity contribution < 1.29 is 24.2 Å². The summed E-state index contributed by atoms with van der Waals surface area (Å²) >= 11 is 0. The highest BCUT2D eigenvalue weighted by Gasteiger charge is 1.97. The standard InChI is InChI=1S/C11H16O5/c1-15-8-4-5-9-16-11(14)7-3-2-6-10(12)13/h2-5H,6-9H2,1H3,(H,12,13)/b3-2+,5-4-. The molecule has 0 aromatic rings. The third-order valence-electron chi connectivity index (χ3n) is 1.51. The zero-order valence-corrected chi connectivity index (χ0v) is 9.22. The molecule has 1 N–H and O–H groups in total. The maximum Gasteiger partial charge on any atom is 0.309 e. The Morgan fingerprint density at radius 2 is 1.69 bits per heavy atom. The zero-order valence-electron chi connectivity index (χ0n) is 9.22. The van der Waals surface area contributed by atoms with Crippen LogP contribution in [0.3, 0.4) is 0 Å². The normalized spacial score (nSPS) is 11.1. The fourth-order valence-corrected chi connectivity index (χ4v) is 0.796. The molecule has 0 saturated heterocycles. The Morgan fingerprint density at radius 3 is 2.31 bits per heavy atom. The van der Waals surface area contributed by atoms with Gasteiger partial charge in [-0.2, -0.15) is 0 Å². The second-order valence-electron chi connectivity index (χ2n) is 2.88. The fraction of sp³-hybridized carbons (Fsp3) is 0.455. The summed E-state index contributed by atoms with van der Waals surface area (Å²) in [5, 5.41) is 8.31. The number of carbonyl (C=O) groups is 2. The van der Waals surface area contributed by atoms with E-state index in [9.17, 15) is 9.59 Å². The molecule has 0 unspecified atom stereocenters. The lowest BCUT2D eigenvalue weighted by Crippen LogP contribution is -2.02. The number of hydrogen-bond donors (Lipinski definition) is 1. The van der Waals surface area contributed by atoms with E-state index in [1.54, 1.807) is 19.3 Å². The van der Waals surface area contributed by atoms with Crippen LogP contribution in [0, 0.1) is 0 Å². The summed E-state index contributed by atoms with van der Waals surface area (Å²) in [6, 6.07) is 0. The molecule has 0 aliphatic rings. The highest BCUT2D eigenvalue weighted by atomic mass is 16.5.